The normalized spacial score (nSPS) is 21.6. The SMILES string of the molecule is O=C([O-])[C@H]1CC=C(Cl)C[C@H]1C(=O)Nc1ccc(Cl)c(Cl)c1. The van der Waals surface area contributed by atoms with E-state index in [1.165, 1.54) is 6.07 Å². The molecule has 112 valence electrons. The second-order valence-electron chi connectivity index (χ2n) is 4.74. The highest BCUT2D eigenvalue weighted by Gasteiger charge is 2.32. The van der Waals surface area contributed by atoms with Gasteiger partial charge in [0.05, 0.1) is 16.0 Å². The summed E-state index contributed by atoms with van der Waals surface area (Å²) < 4.78 is 0. The predicted octanol–water partition coefficient (Wildman–Crippen LogP) is 2.83. The van der Waals surface area contributed by atoms with Crippen LogP contribution in [0.15, 0.2) is 29.3 Å². The first kappa shape index (κ1) is 16.1. The van der Waals surface area contributed by atoms with Crippen molar-refractivity contribution in [1.29, 1.82) is 0 Å². The van der Waals surface area contributed by atoms with Crippen LogP contribution in [0, 0.1) is 11.8 Å². The predicted molar refractivity (Wildman–Crippen MR) is 80.2 cm³/mol. The molecule has 1 aliphatic carbocycles. The number of anilines is 1. The standard InChI is InChI=1S/C14H12Cl3NO3/c15-7-1-3-9(14(20)21)10(5-7)13(19)18-8-2-4-11(16)12(17)6-8/h1-2,4,6,9-10H,3,5H2,(H,18,19)(H,20,21)/p-1/t9-,10+/m0/s1. The lowest BCUT2D eigenvalue weighted by Crippen LogP contribution is -2.42. The van der Waals surface area contributed by atoms with Gasteiger partial charge in [-0.25, -0.2) is 0 Å². The number of carbonyl (C=O) groups is 2. The molecule has 0 saturated heterocycles. The quantitative estimate of drug-likeness (QED) is 0.914. The molecule has 2 atom stereocenters. The van der Waals surface area contributed by atoms with Crippen LogP contribution in [0.4, 0.5) is 5.69 Å². The van der Waals surface area contributed by atoms with Crippen molar-refractivity contribution in [2.75, 3.05) is 5.32 Å². The zero-order chi connectivity index (χ0) is 15.6. The lowest BCUT2D eigenvalue weighted by atomic mass is 9.82. The smallest absolute Gasteiger partial charge is 0.228 e. The van der Waals surface area contributed by atoms with Gasteiger partial charge in [-0.15, -0.1) is 0 Å². The molecule has 1 N–H and O–H groups in total. The van der Waals surface area contributed by atoms with E-state index in [0.29, 0.717) is 20.8 Å². The zero-order valence-corrected chi connectivity index (χ0v) is 13.0. The first-order valence-corrected chi connectivity index (χ1v) is 7.33. The van der Waals surface area contributed by atoms with Crippen LogP contribution in [-0.2, 0) is 9.59 Å². The van der Waals surface area contributed by atoms with Crippen molar-refractivity contribution >= 4 is 52.4 Å². The molecule has 0 saturated carbocycles. The van der Waals surface area contributed by atoms with Gasteiger partial charge in [0.25, 0.3) is 0 Å². The van der Waals surface area contributed by atoms with Crippen LogP contribution in [0.3, 0.4) is 0 Å². The molecule has 7 heteroatoms. The number of benzene rings is 1. The van der Waals surface area contributed by atoms with Gasteiger partial charge < -0.3 is 15.2 Å². The van der Waals surface area contributed by atoms with E-state index < -0.39 is 23.7 Å². The molecule has 0 spiro atoms. The van der Waals surface area contributed by atoms with E-state index in [4.69, 9.17) is 34.8 Å². The fourth-order valence-corrected chi connectivity index (χ4v) is 2.75. The molecule has 0 bridgehead atoms. The highest BCUT2D eigenvalue weighted by Crippen LogP contribution is 2.33. The summed E-state index contributed by atoms with van der Waals surface area (Å²) in [6.07, 6.45) is 1.96. The van der Waals surface area contributed by atoms with Crippen molar-refractivity contribution in [2.24, 2.45) is 11.8 Å². The van der Waals surface area contributed by atoms with Gasteiger partial charge in [0, 0.05) is 22.6 Å². The van der Waals surface area contributed by atoms with Crippen molar-refractivity contribution in [3.05, 3.63) is 39.4 Å². The number of carboxylic acids is 1. The number of carboxylic acid groups (broad SMARTS) is 1. The van der Waals surface area contributed by atoms with Gasteiger partial charge in [0.15, 0.2) is 0 Å². The third-order valence-corrected chi connectivity index (χ3v) is 4.37. The minimum absolute atomic E-state index is 0.174. The lowest BCUT2D eigenvalue weighted by Gasteiger charge is -2.29. The van der Waals surface area contributed by atoms with Gasteiger partial charge in [-0.3, -0.25) is 4.79 Å². The van der Waals surface area contributed by atoms with Crippen molar-refractivity contribution in [1.82, 2.24) is 0 Å². The Morgan fingerprint density at radius 3 is 2.48 bits per heavy atom. The summed E-state index contributed by atoms with van der Waals surface area (Å²) in [5.74, 6) is -3.37. The Morgan fingerprint density at radius 1 is 1.14 bits per heavy atom. The molecule has 0 radical (unpaired) electrons. The number of halogens is 3. The number of allylic oxidation sites excluding steroid dienone is 2. The first-order chi connectivity index (χ1) is 9.88. The summed E-state index contributed by atoms with van der Waals surface area (Å²) in [7, 11) is 0. The average molecular weight is 348 g/mol. The van der Waals surface area contributed by atoms with Crippen LogP contribution in [0.5, 0.6) is 0 Å². The van der Waals surface area contributed by atoms with Gasteiger partial charge >= 0.3 is 0 Å². The number of nitrogens with one attached hydrogen (secondary N) is 1. The molecule has 0 aromatic heterocycles. The summed E-state index contributed by atoms with van der Waals surface area (Å²) in [5.41, 5.74) is 0.442. The fourth-order valence-electron chi connectivity index (χ4n) is 2.20. The molecule has 0 heterocycles. The zero-order valence-electron chi connectivity index (χ0n) is 10.7. The summed E-state index contributed by atoms with van der Waals surface area (Å²) >= 11 is 17.6. The van der Waals surface area contributed by atoms with E-state index in [2.05, 4.69) is 5.32 Å². The minimum Gasteiger partial charge on any atom is -0.550 e. The Hall–Kier alpha value is -1.23. The average Bonchev–Trinajstić information content (AvgIpc) is 2.42. The Labute approximate surface area is 136 Å². The van der Waals surface area contributed by atoms with Crippen LogP contribution in [0.25, 0.3) is 0 Å². The van der Waals surface area contributed by atoms with E-state index in [-0.39, 0.29) is 12.8 Å². The van der Waals surface area contributed by atoms with Gasteiger partial charge in [-0.2, -0.15) is 0 Å². The third kappa shape index (κ3) is 3.90. The number of carbonyl (C=O) groups excluding carboxylic acids is 2. The largest absolute Gasteiger partial charge is 0.550 e. The molecular formula is C14H11Cl3NO3-. The lowest BCUT2D eigenvalue weighted by molar-refractivity contribution is -0.313. The fraction of sp³-hybridized carbons (Fsp3) is 0.286. The highest BCUT2D eigenvalue weighted by atomic mass is 35.5. The molecule has 4 nitrogen and oxygen atoms in total. The Bertz CT molecular complexity index is 615. The van der Waals surface area contributed by atoms with Crippen LogP contribution >= 0.6 is 34.8 Å². The molecule has 0 aliphatic heterocycles. The summed E-state index contributed by atoms with van der Waals surface area (Å²) in [6, 6.07) is 4.62. The van der Waals surface area contributed by atoms with Crippen LogP contribution < -0.4 is 10.4 Å². The number of aliphatic carboxylic acids is 1. The van der Waals surface area contributed by atoms with Gasteiger partial charge in [0.1, 0.15) is 0 Å². The first-order valence-electron chi connectivity index (χ1n) is 6.20. The van der Waals surface area contributed by atoms with E-state index in [9.17, 15) is 14.7 Å². The minimum atomic E-state index is -1.26. The maximum absolute atomic E-state index is 12.3. The maximum atomic E-state index is 12.3. The van der Waals surface area contributed by atoms with Crippen molar-refractivity contribution in [2.45, 2.75) is 12.8 Å². The topological polar surface area (TPSA) is 69.2 Å². The Kier molecular flexibility index (Phi) is 5.14. The molecule has 0 fully saturated rings. The van der Waals surface area contributed by atoms with Crippen LogP contribution in [0.1, 0.15) is 12.8 Å². The third-order valence-electron chi connectivity index (χ3n) is 3.32. The van der Waals surface area contributed by atoms with E-state index in [0.717, 1.165) is 0 Å². The van der Waals surface area contributed by atoms with E-state index >= 15 is 0 Å². The second kappa shape index (κ2) is 6.69. The summed E-state index contributed by atoms with van der Waals surface area (Å²) in [4.78, 5) is 23.4. The molecule has 1 aromatic carbocycles. The molecule has 21 heavy (non-hydrogen) atoms. The van der Waals surface area contributed by atoms with Gasteiger partial charge in [0.2, 0.25) is 5.91 Å². The second-order valence-corrected chi connectivity index (χ2v) is 6.04. The highest BCUT2D eigenvalue weighted by molar-refractivity contribution is 6.42. The van der Waals surface area contributed by atoms with Crippen LogP contribution in [-0.4, -0.2) is 11.9 Å². The van der Waals surface area contributed by atoms with Gasteiger partial charge in [-0.05, 0) is 31.0 Å². The summed E-state index contributed by atoms with van der Waals surface area (Å²) in [6.45, 7) is 0. The molecule has 1 aliphatic rings. The van der Waals surface area contributed by atoms with E-state index in [1.54, 1.807) is 18.2 Å². The summed E-state index contributed by atoms with van der Waals surface area (Å²) in [5, 5.41) is 14.9. The monoisotopic (exact) mass is 346 g/mol. The van der Waals surface area contributed by atoms with Crippen molar-refractivity contribution in [3.8, 4) is 0 Å². The van der Waals surface area contributed by atoms with Gasteiger partial charge in [-0.1, -0.05) is 40.9 Å². The molecule has 2 rings (SSSR count). The Balaban J connectivity index is 2.16. The number of rotatable bonds is 3. The van der Waals surface area contributed by atoms with E-state index in [1.807, 2.05) is 0 Å². The number of hydrogen-bond acceptors (Lipinski definition) is 3. The number of amides is 1. The van der Waals surface area contributed by atoms with Crippen molar-refractivity contribution < 1.29 is 14.7 Å². The van der Waals surface area contributed by atoms with Crippen LogP contribution in [0.2, 0.25) is 10.0 Å². The molecule has 1 aromatic rings. The van der Waals surface area contributed by atoms with Crippen molar-refractivity contribution in [3.63, 3.8) is 0 Å². The Morgan fingerprint density at radius 2 is 1.86 bits per heavy atom. The molecular weight excluding hydrogens is 337 g/mol. The molecule has 0 unspecified atom stereocenters. The number of hydrogen-bond donors (Lipinski definition) is 1. The molecule has 1 amide bonds. The maximum Gasteiger partial charge on any atom is 0.228 e.